The van der Waals surface area contributed by atoms with Crippen LogP contribution in [0.3, 0.4) is 0 Å². The second-order valence-corrected chi connectivity index (χ2v) is 6.48. The molecule has 20 heavy (non-hydrogen) atoms. The lowest BCUT2D eigenvalue weighted by atomic mass is 9.71. The number of anilines is 1. The van der Waals surface area contributed by atoms with Gasteiger partial charge in [-0.15, -0.1) is 0 Å². The van der Waals surface area contributed by atoms with Crippen molar-refractivity contribution in [3.8, 4) is 0 Å². The zero-order chi connectivity index (χ0) is 14.2. The largest absolute Gasteiger partial charge is 0.389 e. The van der Waals surface area contributed by atoms with E-state index >= 15 is 0 Å². The van der Waals surface area contributed by atoms with E-state index in [-0.39, 0.29) is 6.04 Å². The van der Waals surface area contributed by atoms with Crippen LogP contribution in [0, 0.1) is 5.92 Å². The molecule has 1 aliphatic heterocycles. The number of nitrogens with two attached hydrogens (primary N) is 1. The first-order valence-electron chi connectivity index (χ1n) is 7.77. The molecule has 0 bridgehead atoms. The number of nitrogens with zero attached hydrogens (tertiary/aromatic N) is 2. The molecule has 1 aliphatic carbocycles. The number of aliphatic hydroxyl groups is 1. The van der Waals surface area contributed by atoms with Gasteiger partial charge < -0.3 is 15.7 Å². The summed E-state index contributed by atoms with van der Waals surface area (Å²) in [5.74, 6) is 1.40. The SMILES string of the molecule is C[C@H](N)c1ccnc(N2CCC3(O)CCCCC3C2)c1. The number of pyridine rings is 1. The van der Waals surface area contributed by atoms with Gasteiger partial charge in [-0.1, -0.05) is 12.8 Å². The average molecular weight is 275 g/mol. The highest BCUT2D eigenvalue weighted by molar-refractivity contribution is 5.42. The Hall–Kier alpha value is -1.13. The van der Waals surface area contributed by atoms with Crippen LogP contribution in [0.15, 0.2) is 18.3 Å². The summed E-state index contributed by atoms with van der Waals surface area (Å²) in [7, 11) is 0. The van der Waals surface area contributed by atoms with E-state index in [9.17, 15) is 5.11 Å². The minimum atomic E-state index is -0.423. The first-order valence-corrected chi connectivity index (χ1v) is 7.77. The van der Waals surface area contributed by atoms with Crippen LogP contribution in [0.4, 0.5) is 5.82 Å². The Balaban J connectivity index is 1.77. The van der Waals surface area contributed by atoms with E-state index in [1.165, 1.54) is 12.8 Å². The van der Waals surface area contributed by atoms with Gasteiger partial charge in [0.05, 0.1) is 5.60 Å². The molecule has 0 aromatic carbocycles. The molecule has 3 N–H and O–H groups in total. The smallest absolute Gasteiger partial charge is 0.128 e. The van der Waals surface area contributed by atoms with Gasteiger partial charge in [0, 0.05) is 31.2 Å². The zero-order valence-corrected chi connectivity index (χ0v) is 12.3. The fourth-order valence-corrected chi connectivity index (χ4v) is 3.67. The van der Waals surface area contributed by atoms with Crippen molar-refractivity contribution in [2.24, 2.45) is 11.7 Å². The summed E-state index contributed by atoms with van der Waals surface area (Å²) >= 11 is 0. The standard InChI is InChI=1S/C16H25N3O/c1-12(17)13-5-8-18-15(10-13)19-9-7-16(20)6-3-2-4-14(16)11-19/h5,8,10,12,14,20H,2-4,6-7,9,11,17H2,1H3/t12-,14?,16?/m0/s1. The van der Waals surface area contributed by atoms with Crippen LogP contribution >= 0.6 is 0 Å². The third kappa shape index (κ3) is 2.54. The Bertz CT molecular complexity index is 477. The van der Waals surface area contributed by atoms with Crippen molar-refractivity contribution in [3.63, 3.8) is 0 Å². The summed E-state index contributed by atoms with van der Waals surface area (Å²) in [4.78, 5) is 6.81. The summed E-state index contributed by atoms with van der Waals surface area (Å²) < 4.78 is 0. The number of hydrogen-bond donors (Lipinski definition) is 2. The summed E-state index contributed by atoms with van der Waals surface area (Å²) in [6.07, 6.45) is 7.23. The van der Waals surface area contributed by atoms with Crippen molar-refractivity contribution in [2.45, 2.75) is 50.7 Å². The first-order chi connectivity index (χ1) is 9.58. The summed E-state index contributed by atoms with van der Waals surface area (Å²) in [5, 5.41) is 10.7. The molecule has 1 saturated carbocycles. The van der Waals surface area contributed by atoms with E-state index in [0.29, 0.717) is 5.92 Å². The van der Waals surface area contributed by atoms with Crippen LogP contribution < -0.4 is 10.6 Å². The maximum absolute atomic E-state index is 10.7. The topological polar surface area (TPSA) is 62.4 Å². The Morgan fingerprint density at radius 3 is 3.10 bits per heavy atom. The molecule has 1 saturated heterocycles. The molecule has 4 nitrogen and oxygen atoms in total. The van der Waals surface area contributed by atoms with Gasteiger partial charge in [0.15, 0.2) is 0 Å². The van der Waals surface area contributed by atoms with Gasteiger partial charge in [0.1, 0.15) is 5.82 Å². The minimum absolute atomic E-state index is 0.0353. The summed E-state index contributed by atoms with van der Waals surface area (Å²) in [6, 6.07) is 4.11. The van der Waals surface area contributed by atoms with Gasteiger partial charge in [-0.05, 0) is 43.9 Å². The Labute approximate surface area is 121 Å². The van der Waals surface area contributed by atoms with Gasteiger partial charge in [0.2, 0.25) is 0 Å². The number of rotatable bonds is 2. The molecular formula is C16H25N3O. The highest BCUT2D eigenvalue weighted by Gasteiger charge is 2.42. The first kappa shape index (κ1) is 13.8. The van der Waals surface area contributed by atoms with Gasteiger partial charge in [0.25, 0.3) is 0 Å². The van der Waals surface area contributed by atoms with Crippen LogP contribution in [0.2, 0.25) is 0 Å². The predicted molar refractivity (Wildman–Crippen MR) is 80.6 cm³/mol. The van der Waals surface area contributed by atoms with Crippen molar-refractivity contribution in [2.75, 3.05) is 18.0 Å². The second kappa shape index (κ2) is 5.34. The molecule has 0 spiro atoms. The second-order valence-electron chi connectivity index (χ2n) is 6.48. The van der Waals surface area contributed by atoms with Crippen molar-refractivity contribution in [3.05, 3.63) is 23.9 Å². The summed E-state index contributed by atoms with van der Waals surface area (Å²) in [5.41, 5.74) is 6.65. The van der Waals surface area contributed by atoms with Crippen LogP contribution in [0.25, 0.3) is 0 Å². The zero-order valence-electron chi connectivity index (χ0n) is 12.3. The molecule has 2 fully saturated rings. The van der Waals surface area contributed by atoms with E-state index < -0.39 is 5.60 Å². The quantitative estimate of drug-likeness (QED) is 0.869. The average Bonchev–Trinajstić information content (AvgIpc) is 2.46. The molecule has 0 radical (unpaired) electrons. The van der Waals surface area contributed by atoms with Crippen LogP contribution in [0.5, 0.6) is 0 Å². The lowest BCUT2D eigenvalue weighted by Gasteiger charge is -2.47. The lowest BCUT2D eigenvalue weighted by molar-refractivity contribution is -0.0613. The van der Waals surface area contributed by atoms with Crippen LogP contribution in [-0.2, 0) is 0 Å². The maximum atomic E-state index is 10.7. The third-order valence-electron chi connectivity index (χ3n) is 5.05. The molecular weight excluding hydrogens is 250 g/mol. The van der Waals surface area contributed by atoms with Crippen molar-refractivity contribution in [1.29, 1.82) is 0 Å². The van der Waals surface area contributed by atoms with Crippen molar-refractivity contribution >= 4 is 5.82 Å². The van der Waals surface area contributed by atoms with Gasteiger partial charge in [-0.25, -0.2) is 4.98 Å². The predicted octanol–water partition coefficient (Wildman–Crippen LogP) is 2.23. The monoisotopic (exact) mass is 275 g/mol. The Kier molecular flexibility index (Phi) is 3.69. The highest BCUT2D eigenvalue weighted by Crippen LogP contribution is 2.40. The fraction of sp³-hybridized carbons (Fsp3) is 0.688. The van der Waals surface area contributed by atoms with Crippen LogP contribution in [-0.4, -0.2) is 28.8 Å². The molecule has 2 aliphatic rings. The molecule has 1 aromatic rings. The summed E-state index contributed by atoms with van der Waals surface area (Å²) in [6.45, 7) is 3.81. The van der Waals surface area contributed by atoms with E-state index in [1.807, 2.05) is 19.2 Å². The molecule has 110 valence electrons. The maximum Gasteiger partial charge on any atom is 0.128 e. The molecule has 2 heterocycles. The van der Waals surface area contributed by atoms with Gasteiger partial charge >= 0.3 is 0 Å². The lowest BCUT2D eigenvalue weighted by Crippen LogP contribution is -2.53. The Morgan fingerprint density at radius 2 is 2.30 bits per heavy atom. The number of fused-ring (bicyclic) bond motifs is 1. The molecule has 1 aromatic heterocycles. The minimum Gasteiger partial charge on any atom is -0.389 e. The number of hydrogen-bond acceptors (Lipinski definition) is 4. The van der Waals surface area contributed by atoms with Crippen molar-refractivity contribution in [1.82, 2.24) is 4.98 Å². The van der Waals surface area contributed by atoms with Crippen LogP contribution in [0.1, 0.15) is 50.6 Å². The third-order valence-corrected chi connectivity index (χ3v) is 5.05. The molecule has 2 unspecified atom stereocenters. The van der Waals surface area contributed by atoms with E-state index in [0.717, 1.165) is 43.7 Å². The number of piperidine rings is 1. The van der Waals surface area contributed by atoms with E-state index in [4.69, 9.17) is 5.73 Å². The fourth-order valence-electron chi connectivity index (χ4n) is 3.67. The van der Waals surface area contributed by atoms with Gasteiger partial charge in [-0.2, -0.15) is 0 Å². The van der Waals surface area contributed by atoms with Crippen molar-refractivity contribution < 1.29 is 5.11 Å². The van der Waals surface area contributed by atoms with Gasteiger partial charge in [-0.3, -0.25) is 0 Å². The normalized spacial score (nSPS) is 31.8. The molecule has 4 heteroatoms. The van der Waals surface area contributed by atoms with E-state index in [1.54, 1.807) is 0 Å². The molecule has 3 atom stereocenters. The number of aromatic nitrogens is 1. The Morgan fingerprint density at radius 1 is 1.45 bits per heavy atom. The molecule has 3 rings (SSSR count). The molecule has 0 amide bonds. The van der Waals surface area contributed by atoms with E-state index in [2.05, 4.69) is 16.0 Å². The highest BCUT2D eigenvalue weighted by atomic mass is 16.3.